The Balaban J connectivity index is 1.28. The van der Waals surface area contributed by atoms with E-state index in [1.165, 1.54) is 18.1 Å². The Labute approximate surface area is 298 Å². The van der Waals surface area contributed by atoms with Gasteiger partial charge in [-0.1, -0.05) is 18.6 Å². The second kappa shape index (κ2) is 15.0. The van der Waals surface area contributed by atoms with Crippen molar-refractivity contribution in [1.29, 1.82) is 0 Å². The van der Waals surface area contributed by atoms with E-state index in [9.17, 15) is 29.1 Å². The standard InChI is InChI=1S/C36H45BrN4O9/c1-3-40-30(43)18-28(25-14-15-27(48-2)31(37)32(25)40)49-24-17-26-33(44)39-36(34(45)46)19-21(36)10-6-4-5-7-11-22(16-29(42)41(26)20-24)38-35(47)50-23-12-8-9-13-23/h6,10,14-15,18,21-24,26H,3-5,7-9,11-13,16-17,19-20H2,1-2H3,(H,38,47)(H,39,44)(H,45,46)/b10-6-/t21-,22+,24-,26+,36-/m1/s1. The SMILES string of the molecule is CCn1c(=O)cc(O[C@@H]2C[C@H]3C(=O)N[C@]4(C(=O)O)C[C@H]4/C=C\CCCC[C@H](NC(=O)OC4CCCC4)CC(=O)N3C2)c2ccc(OC)c(Br)c21. The van der Waals surface area contributed by atoms with Crippen molar-refractivity contribution >= 4 is 50.7 Å². The highest BCUT2D eigenvalue weighted by Crippen LogP contribution is 2.45. The Morgan fingerprint density at radius 2 is 1.84 bits per heavy atom. The number of amides is 3. The molecular formula is C36H45BrN4O9. The monoisotopic (exact) mass is 756 g/mol. The molecule has 3 heterocycles. The molecule has 2 aromatic rings. The van der Waals surface area contributed by atoms with Crippen molar-refractivity contribution in [2.75, 3.05) is 13.7 Å². The maximum Gasteiger partial charge on any atom is 0.407 e. The summed E-state index contributed by atoms with van der Waals surface area (Å²) in [5.74, 6) is -1.60. The molecule has 0 radical (unpaired) electrons. The molecule has 2 saturated carbocycles. The Kier molecular flexibility index (Phi) is 10.8. The number of alkyl carbamates (subject to hydrolysis) is 1. The van der Waals surface area contributed by atoms with E-state index in [4.69, 9.17) is 14.2 Å². The fourth-order valence-corrected chi connectivity index (χ4v) is 8.36. The van der Waals surface area contributed by atoms with Gasteiger partial charge in [-0.2, -0.15) is 0 Å². The zero-order valence-electron chi connectivity index (χ0n) is 28.5. The van der Waals surface area contributed by atoms with Gasteiger partial charge in [0.25, 0.3) is 5.56 Å². The van der Waals surface area contributed by atoms with E-state index >= 15 is 0 Å². The summed E-state index contributed by atoms with van der Waals surface area (Å²) >= 11 is 3.58. The van der Waals surface area contributed by atoms with Crippen LogP contribution in [0.15, 0.2) is 39.6 Å². The maximum atomic E-state index is 14.1. The second-order valence-corrected chi connectivity index (χ2v) is 14.5. The lowest BCUT2D eigenvalue weighted by Crippen LogP contribution is -2.53. The lowest BCUT2D eigenvalue weighted by molar-refractivity contribution is -0.145. The minimum Gasteiger partial charge on any atom is -0.495 e. The van der Waals surface area contributed by atoms with Gasteiger partial charge in [-0.3, -0.25) is 14.4 Å². The molecule has 2 aliphatic carbocycles. The van der Waals surface area contributed by atoms with Gasteiger partial charge in [-0.05, 0) is 86.4 Å². The number of hydrogen-bond donors (Lipinski definition) is 3. The average molecular weight is 758 g/mol. The van der Waals surface area contributed by atoms with Gasteiger partial charge < -0.3 is 39.4 Å². The lowest BCUT2D eigenvalue weighted by atomic mass is 10.0. The smallest absolute Gasteiger partial charge is 0.407 e. The summed E-state index contributed by atoms with van der Waals surface area (Å²) in [6.07, 6.45) is 9.11. The summed E-state index contributed by atoms with van der Waals surface area (Å²) in [7, 11) is 1.54. The first-order valence-corrected chi connectivity index (χ1v) is 18.4. The van der Waals surface area contributed by atoms with Gasteiger partial charge in [-0.15, -0.1) is 0 Å². The number of fused-ring (bicyclic) bond motifs is 3. The molecule has 13 nitrogen and oxygen atoms in total. The van der Waals surface area contributed by atoms with E-state index in [0.29, 0.717) is 46.3 Å². The number of ether oxygens (including phenoxy) is 3. The molecule has 3 N–H and O–H groups in total. The van der Waals surface area contributed by atoms with Crippen LogP contribution in [0.25, 0.3) is 10.9 Å². The van der Waals surface area contributed by atoms with Crippen molar-refractivity contribution in [3.05, 3.63) is 45.2 Å². The van der Waals surface area contributed by atoms with Crippen LogP contribution in [-0.2, 0) is 25.7 Å². The van der Waals surface area contributed by atoms with E-state index in [-0.39, 0.29) is 49.3 Å². The van der Waals surface area contributed by atoms with E-state index in [1.54, 1.807) is 16.7 Å². The molecule has 0 bridgehead atoms. The third kappa shape index (κ3) is 7.35. The third-order valence-corrected chi connectivity index (χ3v) is 11.2. The molecule has 4 aliphatic rings. The van der Waals surface area contributed by atoms with Crippen molar-refractivity contribution < 1.29 is 38.5 Å². The number of nitrogens with one attached hydrogen (secondary N) is 2. The molecular weight excluding hydrogens is 712 g/mol. The predicted molar refractivity (Wildman–Crippen MR) is 187 cm³/mol. The molecule has 3 amide bonds. The van der Waals surface area contributed by atoms with Gasteiger partial charge in [0, 0.05) is 42.8 Å². The number of allylic oxidation sites excluding steroid dienone is 1. The molecule has 1 aromatic carbocycles. The molecule has 0 unspecified atom stereocenters. The fraction of sp³-hybridized carbons (Fsp3) is 0.583. The first-order valence-electron chi connectivity index (χ1n) is 17.6. The number of pyridine rings is 1. The first kappa shape index (κ1) is 35.7. The summed E-state index contributed by atoms with van der Waals surface area (Å²) in [6.45, 7) is 2.29. The zero-order chi connectivity index (χ0) is 35.6. The molecule has 1 saturated heterocycles. The largest absolute Gasteiger partial charge is 0.495 e. The van der Waals surface area contributed by atoms with Crippen LogP contribution in [0.5, 0.6) is 11.5 Å². The summed E-state index contributed by atoms with van der Waals surface area (Å²) in [6, 6.07) is 3.41. The zero-order valence-corrected chi connectivity index (χ0v) is 30.0. The van der Waals surface area contributed by atoms with E-state index in [2.05, 4.69) is 26.6 Å². The van der Waals surface area contributed by atoms with Crippen molar-refractivity contribution in [3.8, 4) is 11.5 Å². The highest BCUT2D eigenvalue weighted by atomic mass is 79.9. The van der Waals surface area contributed by atoms with Crippen LogP contribution in [0.4, 0.5) is 4.79 Å². The summed E-state index contributed by atoms with van der Waals surface area (Å²) in [5, 5.41) is 16.5. The molecule has 50 heavy (non-hydrogen) atoms. The van der Waals surface area contributed by atoms with Crippen molar-refractivity contribution in [2.45, 2.75) is 114 Å². The predicted octanol–water partition coefficient (Wildman–Crippen LogP) is 4.66. The van der Waals surface area contributed by atoms with Crippen LogP contribution in [-0.4, -0.2) is 81.9 Å². The van der Waals surface area contributed by atoms with Crippen LogP contribution in [0.2, 0.25) is 0 Å². The number of aromatic nitrogens is 1. The molecule has 6 rings (SSSR count). The summed E-state index contributed by atoms with van der Waals surface area (Å²) in [4.78, 5) is 68.0. The van der Waals surface area contributed by atoms with Crippen molar-refractivity contribution in [3.63, 3.8) is 0 Å². The molecule has 3 fully saturated rings. The molecule has 14 heteroatoms. The number of carbonyl (C=O) groups excluding carboxylic acids is 3. The number of carboxylic acids is 1. The van der Waals surface area contributed by atoms with E-state index in [1.807, 2.05) is 19.1 Å². The Hall–Kier alpha value is -4.07. The van der Waals surface area contributed by atoms with Crippen LogP contribution < -0.4 is 25.7 Å². The number of carbonyl (C=O) groups is 4. The van der Waals surface area contributed by atoms with Gasteiger partial charge >= 0.3 is 12.1 Å². The third-order valence-electron chi connectivity index (χ3n) is 10.5. The number of halogens is 1. The van der Waals surface area contributed by atoms with Gasteiger partial charge in [0.15, 0.2) is 0 Å². The quantitative estimate of drug-likeness (QED) is 0.341. The van der Waals surface area contributed by atoms with Gasteiger partial charge in [0.1, 0.15) is 35.3 Å². The normalized spacial score (nSPS) is 28.1. The Bertz CT molecular complexity index is 1740. The summed E-state index contributed by atoms with van der Waals surface area (Å²) < 4.78 is 19.7. The summed E-state index contributed by atoms with van der Waals surface area (Å²) in [5.41, 5.74) is -1.15. The number of benzene rings is 1. The maximum absolute atomic E-state index is 14.1. The minimum absolute atomic E-state index is 0.0231. The molecule has 270 valence electrons. The minimum atomic E-state index is -1.44. The number of carboxylic acid groups (broad SMARTS) is 1. The molecule has 2 aliphatic heterocycles. The number of rotatable bonds is 7. The van der Waals surface area contributed by atoms with Crippen LogP contribution in [0.1, 0.15) is 77.6 Å². The van der Waals surface area contributed by atoms with E-state index in [0.717, 1.165) is 38.5 Å². The average Bonchev–Trinajstić information content (AvgIpc) is 3.36. The van der Waals surface area contributed by atoms with Gasteiger partial charge in [0.2, 0.25) is 11.8 Å². The number of aliphatic carboxylic acids is 1. The van der Waals surface area contributed by atoms with Gasteiger partial charge in [0.05, 0.1) is 23.6 Å². The Morgan fingerprint density at radius 1 is 1.08 bits per heavy atom. The number of hydrogen-bond acceptors (Lipinski definition) is 8. The first-order chi connectivity index (χ1) is 24.0. The van der Waals surface area contributed by atoms with Gasteiger partial charge in [-0.25, -0.2) is 9.59 Å². The van der Waals surface area contributed by atoms with E-state index < -0.39 is 41.7 Å². The highest BCUT2D eigenvalue weighted by Gasteiger charge is 2.61. The molecule has 0 spiro atoms. The topological polar surface area (TPSA) is 166 Å². The number of methoxy groups -OCH3 is 1. The second-order valence-electron chi connectivity index (χ2n) is 13.8. The lowest BCUT2D eigenvalue weighted by Gasteiger charge is -2.27. The van der Waals surface area contributed by atoms with Crippen LogP contribution in [0, 0.1) is 5.92 Å². The van der Waals surface area contributed by atoms with Crippen molar-refractivity contribution in [2.24, 2.45) is 5.92 Å². The van der Waals surface area contributed by atoms with Crippen LogP contribution in [0.3, 0.4) is 0 Å². The van der Waals surface area contributed by atoms with Crippen molar-refractivity contribution in [1.82, 2.24) is 20.1 Å². The fourth-order valence-electron chi connectivity index (χ4n) is 7.63. The Morgan fingerprint density at radius 3 is 2.56 bits per heavy atom. The van der Waals surface area contributed by atoms with Crippen LogP contribution >= 0.6 is 15.9 Å². The molecule has 5 atom stereocenters. The molecule has 1 aromatic heterocycles. The highest BCUT2D eigenvalue weighted by molar-refractivity contribution is 9.10. The number of aryl methyl sites for hydroxylation is 1. The number of nitrogens with zero attached hydrogens (tertiary/aromatic N) is 2.